The van der Waals surface area contributed by atoms with Crippen LogP contribution in [0.4, 0.5) is 0 Å². The molecule has 0 aromatic heterocycles. The Bertz CT molecular complexity index is 315. The van der Waals surface area contributed by atoms with Crippen LogP contribution < -0.4 is 0 Å². The third-order valence-electron chi connectivity index (χ3n) is 2.13. The van der Waals surface area contributed by atoms with Gasteiger partial charge in [0.25, 0.3) is 0 Å². The zero-order valence-corrected chi connectivity index (χ0v) is 8.98. The summed E-state index contributed by atoms with van der Waals surface area (Å²) in [6.07, 6.45) is 6.34. The molecule has 0 atom stereocenters. The lowest BCUT2D eigenvalue weighted by Gasteiger charge is -1.97. The van der Waals surface area contributed by atoms with Gasteiger partial charge in [0, 0.05) is 6.08 Å². The third kappa shape index (κ3) is 5.01. The molecule has 0 radical (unpaired) electrons. The van der Waals surface area contributed by atoms with Crippen LogP contribution in [0.5, 0.6) is 0 Å². The van der Waals surface area contributed by atoms with Crippen molar-refractivity contribution in [2.75, 3.05) is 7.11 Å². The standard InChI is InChI=1S/C13H16O2/c1-15-13(14)11-7-3-6-10-12-8-4-2-5-9-12/h2,4-5,7-9,11H,3,6,10H2,1H3/b11-7-. The lowest BCUT2D eigenvalue weighted by atomic mass is 10.1. The molecule has 2 nitrogen and oxygen atoms in total. The van der Waals surface area contributed by atoms with Crippen molar-refractivity contribution >= 4 is 5.97 Å². The topological polar surface area (TPSA) is 26.3 Å². The summed E-state index contributed by atoms with van der Waals surface area (Å²) in [7, 11) is 1.39. The van der Waals surface area contributed by atoms with Gasteiger partial charge in [-0.15, -0.1) is 0 Å². The second-order valence-electron chi connectivity index (χ2n) is 3.30. The van der Waals surface area contributed by atoms with E-state index in [1.165, 1.54) is 18.7 Å². The number of carbonyl (C=O) groups excluding carboxylic acids is 1. The Morgan fingerprint density at radius 1 is 1.33 bits per heavy atom. The minimum Gasteiger partial charge on any atom is -0.466 e. The van der Waals surface area contributed by atoms with Gasteiger partial charge in [0.1, 0.15) is 0 Å². The summed E-state index contributed by atoms with van der Waals surface area (Å²) < 4.78 is 4.49. The molecule has 80 valence electrons. The van der Waals surface area contributed by atoms with E-state index in [0.29, 0.717) is 0 Å². The first-order valence-electron chi connectivity index (χ1n) is 5.11. The van der Waals surface area contributed by atoms with Crippen molar-refractivity contribution in [3.05, 3.63) is 48.0 Å². The predicted molar refractivity (Wildman–Crippen MR) is 60.5 cm³/mol. The van der Waals surface area contributed by atoms with Crippen LogP contribution in [-0.4, -0.2) is 13.1 Å². The number of benzene rings is 1. The van der Waals surface area contributed by atoms with Gasteiger partial charge in [-0.05, 0) is 24.8 Å². The molecule has 15 heavy (non-hydrogen) atoms. The molecular formula is C13H16O2. The van der Waals surface area contributed by atoms with Gasteiger partial charge < -0.3 is 4.74 Å². The highest BCUT2D eigenvalue weighted by molar-refractivity contribution is 5.81. The quantitative estimate of drug-likeness (QED) is 0.419. The Balaban J connectivity index is 2.17. The summed E-state index contributed by atoms with van der Waals surface area (Å²) in [6, 6.07) is 10.3. The molecule has 0 aliphatic rings. The average molecular weight is 204 g/mol. The van der Waals surface area contributed by atoms with Crippen molar-refractivity contribution in [3.8, 4) is 0 Å². The number of methoxy groups -OCH3 is 1. The lowest BCUT2D eigenvalue weighted by molar-refractivity contribution is -0.134. The van der Waals surface area contributed by atoms with Crippen molar-refractivity contribution in [1.82, 2.24) is 0 Å². The number of ether oxygens (including phenoxy) is 1. The Morgan fingerprint density at radius 3 is 2.73 bits per heavy atom. The molecule has 0 heterocycles. The Hall–Kier alpha value is -1.57. The number of aryl methyl sites for hydroxylation is 1. The molecule has 1 aromatic rings. The minimum absolute atomic E-state index is 0.283. The van der Waals surface area contributed by atoms with Crippen molar-refractivity contribution in [3.63, 3.8) is 0 Å². The first-order chi connectivity index (χ1) is 7.33. The van der Waals surface area contributed by atoms with Gasteiger partial charge in [-0.1, -0.05) is 36.4 Å². The monoisotopic (exact) mass is 204 g/mol. The first-order valence-corrected chi connectivity index (χ1v) is 5.11. The van der Waals surface area contributed by atoms with Crippen molar-refractivity contribution in [2.45, 2.75) is 19.3 Å². The number of hydrogen-bond donors (Lipinski definition) is 0. The van der Waals surface area contributed by atoms with Crippen LogP contribution in [0.2, 0.25) is 0 Å². The highest BCUT2D eigenvalue weighted by atomic mass is 16.5. The molecule has 0 unspecified atom stereocenters. The van der Waals surface area contributed by atoms with E-state index < -0.39 is 0 Å². The van der Waals surface area contributed by atoms with E-state index in [2.05, 4.69) is 16.9 Å². The Kier molecular flexibility index (Phi) is 5.23. The van der Waals surface area contributed by atoms with Crippen LogP contribution in [0.1, 0.15) is 18.4 Å². The van der Waals surface area contributed by atoms with Gasteiger partial charge in [-0.2, -0.15) is 0 Å². The summed E-state index contributed by atoms with van der Waals surface area (Å²) >= 11 is 0. The fourth-order valence-corrected chi connectivity index (χ4v) is 1.32. The van der Waals surface area contributed by atoms with Crippen LogP contribution in [0.15, 0.2) is 42.5 Å². The summed E-state index contributed by atoms with van der Waals surface area (Å²) in [6.45, 7) is 0. The molecule has 0 fully saturated rings. The highest BCUT2D eigenvalue weighted by Crippen LogP contribution is 2.04. The molecule has 0 saturated heterocycles. The second-order valence-corrected chi connectivity index (χ2v) is 3.30. The number of allylic oxidation sites excluding steroid dienone is 1. The van der Waals surface area contributed by atoms with Crippen LogP contribution in [-0.2, 0) is 16.0 Å². The van der Waals surface area contributed by atoms with Gasteiger partial charge in [-0.25, -0.2) is 4.79 Å². The van der Waals surface area contributed by atoms with Crippen molar-refractivity contribution in [2.24, 2.45) is 0 Å². The van der Waals surface area contributed by atoms with E-state index in [9.17, 15) is 4.79 Å². The number of esters is 1. The fourth-order valence-electron chi connectivity index (χ4n) is 1.32. The zero-order valence-electron chi connectivity index (χ0n) is 8.98. The fraction of sp³-hybridized carbons (Fsp3) is 0.308. The van der Waals surface area contributed by atoms with Crippen LogP contribution in [0.25, 0.3) is 0 Å². The molecular weight excluding hydrogens is 188 g/mol. The van der Waals surface area contributed by atoms with Gasteiger partial charge in [0.2, 0.25) is 0 Å². The number of carbonyl (C=O) groups is 1. The predicted octanol–water partition coefficient (Wildman–Crippen LogP) is 2.74. The van der Waals surface area contributed by atoms with Crippen LogP contribution >= 0.6 is 0 Å². The van der Waals surface area contributed by atoms with E-state index >= 15 is 0 Å². The SMILES string of the molecule is COC(=O)/C=C\CCCc1ccccc1. The summed E-state index contributed by atoms with van der Waals surface area (Å²) in [5, 5.41) is 0. The number of rotatable bonds is 5. The number of unbranched alkanes of at least 4 members (excludes halogenated alkanes) is 1. The van der Waals surface area contributed by atoms with Crippen LogP contribution in [0.3, 0.4) is 0 Å². The maximum absolute atomic E-state index is 10.7. The normalized spacial score (nSPS) is 10.5. The summed E-state index contributed by atoms with van der Waals surface area (Å²) in [5.41, 5.74) is 1.34. The molecule has 1 aromatic carbocycles. The van der Waals surface area contributed by atoms with E-state index in [0.717, 1.165) is 19.3 Å². The molecule has 0 aliphatic heterocycles. The molecule has 0 N–H and O–H groups in total. The van der Waals surface area contributed by atoms with E-state index in [1.807, 2.05) is 24.3 Å². The largest absolute Gasteiger partial charge is 0.466 e. The van der Waals surface area contributed by atoms with E-state index in [1.54, 1.807) is 0 Å². The minimum atomic E-state index is -0.283. The third-order valence-corrected chi connectivity index (χ3v) is 2.13. The zero-order chi connectivity index (χ0) is 10.9. The molecule has 0 amide bonds. The highest BCUT2D eigenvalue weighted by Gasteiger charge is 1.91. The summed E-state index contributed by atoms with van der Waals surface area (Å²) in [4.78, 5) is 10.7. The van der Waals surface area contributed by atoms with Gasteiger partial charge in [0.15, 0.2) is 0 Å². The lowest BCUT2D eigenvalue weighted by Crippen LogP contribution is -1.93. The number of hydrogen-bond acceptors (Lipinski definition) is 2. The average Bonchev–Trinajstić information content (AvgIpc) is 2.29. The van der Waals surface area contributed by atoms with Crippen molar-refractivity contribution < 1.29 is 9.53 Å². The maximum atomic E-state index is 10.7. The Morgan fingerprint density at radius 2 is 2.07 bits per heavy atom. The van der Waals surface area contributed by atoms with Gasteiger partial charge >= 0.3 is 5.97 Å². The van der Waals surface area contributed by atoms with Gasteiger partial charge in [0.05, 0.1) is 7.11 Å². The van der Waals surface area contributed by atoms with Crippen molar-refractivity contribution in [1.29, 1.82) is 0 Å². The maximum Gasteiger partial charge on any atom is 0.330 e. The molecule has 0 saturated carbocycles. The molecule has 1 rings (SSSR count). The molecule has 0 bridgehead atoms. The van der Waals surface area contributed by atoms with Crippen LogP contribution in [0, 0.1) is 0 Å². The van der Waals surface area contributed by atoms with E-state index in [4.69, 9.17) is 0 Å². The second kappa shape index (κ2) is 6.82. The molecule has 0 spiro atoms. The smallest absolute Gasteiger partial charge is 0.330 e. The Labute approximate surface area is 90.6 Å². The molecule has 2 heteroatoms. The van der Waals surface area contributed by atoms with E-state index in [-0.39, 0.29) is 5.97 Å². The van der Waals surface area contributed by atoms with Gasteiger partial charge in [-0.3, -0.25) is 0 Å². The first kappa shape index (κ1) is 11.5. The molecule has 0 aliphatic carbocycles. The summed E-state index contributed by atoms with van der Waals surface area (Å²) in [5.74, 6) is -0.283.